The molecule has 6 heteroatoms. The van der Waals surface area contributed by atoms with Crippen LogP contribution in [-0.4, -0.2) is 19.9 Å². The third-order valence-electron chi connectivity index (χ3n) is 3.65. The van der Waals surface area contributed by atoms with Crippen molar-refractivity contribution in [3.05, 3.63) is 109 Å². The summed E-state index contributed by atoms with van der Waals surface area (Å²) in [7, 11) is 0. The Hall–Kier alpha value is -3.64. The highest BCUT2D eigenvalue weighted by Gasteiger charge is 1.94. The molecule has 0 atom stereocenters. The first kappa shape index (κ1) is 19.1. The molecule has 0 aromatic carbocycles. The van der Waals surface area contributed by atoms with E-state index in [0.29, 0.717) is 0 Å². The van der Waals surface area contributed by atoms with Gasteiger partial charge in [0.05, 0.1) is 11.4 Å². The summed E-state index contributed by atoms with van der Waals surface area (Å²) < 4.78 is 0. The minimum atomic E-state index is 0.775. The molecule has 6 nitrogen and oxygen atoms in total. The first-order valence-electron chi connectivity index (χ1n) is 9.00. The molecule has 0 aliphatic carbocycles. The lowest BCUT2D eigenvalue weighted by Gasteiger charge is -2.03. The zero-order chi connectivity index (χ0) is 19.3. The summed E-state index contributed by atoms with van der Waals surface area (Å²) >= 11 is 0. The van der Waals surface area contributed by atoms with Crippen LogP contribution in [-0.2, 0) is 13.1 Å². The summed E-state index contributed by atoms with van der Waals surface area (Å²) in [5.41, 5.74) is 2.10. The van der Waals surface area contributed by atoms with Gasteiger partial charge in [0.25, 0.3) is 0 Å². The molecule has 0 radical (unpaired) electrons. The van der Waals surface area contributed by atoms with Gasteiger partial charge < -0.3 is 10.6 Å². The number of aromatic nitrogens is 4. The average Bonchev–Trinajstić information content (AvgIpc) is 2.77. The molecule has 0 bridgehead atoms. The number of pyridine rings is 4. The normalized spacial score (nSPS) is 9.86. The number of nitrogens with zero attached hydrogens (tertiary/aromatic N) is 4. The van der Waals surface area contributed by atoms with Gasteiger partial charge in [-0.15, -0.1) is 0 Å². The summed E-state index contributed by atoms with van der Waals surface area (Å²) in [6.45, 7) is 1.55. The summed E-state index contributed by atoms with van der Waals surface area (Å²) in [4.78, 5) is 16.7. The third kappa shape index (κ3) is 6.93. The number of hydrogen-bond acceptors (Lipinski definition) is 6. The van der Waals surface area contributed by atoms with E-state index in [1.165, 1.54) is 0 Å². The van der Waals surface area contributed by atoms with Crippen molar-refractivity contribution in [1.29, 1.82) is 0 Å². The summed E-state index contributed by atoms with van der Waals surface area (Å²) in [6, 6.07) is 23.2. The van der Waals surface area contributed by atoms with Gasteiger partial charge in [0.15, 0.2) is 0 Å². The van der Waals surface area contributed by atoms with E-state index in [1.807, 2.05) is 72.8 Å². The van der Waals surface area contributed by atoms with Crippen LogP contribution in [0, 0.1) is 0 Å². The number of anilines is 2. The highest BCUT2D eigenvalue weighted by atomic mass is 15.0. The van der Waals surface area contributed by atoms with Gasteiger partial charge in [-0.1, -0.05) is 24.3 Å². The van der Waals surface area contributed by atoms with Crippen LogP contribution in [0.25, 0.3) is 0 Å². The van der Waals surface area contributed by atoms with E-state index in [2.05, 4.69) is 30.6 Å². The number of rotatable bonds is 6. The van der Waals surface area contributed by atoms with Gasteiger partial charge in [0.2, 0.25) is 0 Å². The molecule has 4 aromatic rings. The Bertz CT molecular complexity index is 826. The third-order valence-corrected chi connectivity index (χ3v) is 3.65. The molecule has 0 unspecified atom stereocenters. The molecule has 0 fully saturated rings. The van der Waals surface area contributed by atoms with Gasteiger partial charge in [-0.25, -0.2) is 9.97 Å². The monoisotopic (exact) mass is 370 g/mol. The smallest absolute Gasteiger partial charge is 0.131 e. The van der Waals surface area contributed by atoms with Crippen LogP contribution in [0.2, 0.25) is 0 Å². The van der Waals surface area contributed by atoms with Gasteiger partial charge in [-0.2, -0.15) is 0 Å². The van der Waals surface area contributed by atoms with Crippen molar-refractivity contribution >= 4 is 11.6 Å². The van der Waals surface area contributed by atoms with Crippen LogP contribution in [0.15, 0.2) is 97.6 Å². The zero-order valence-corrected chi connectivity index (χ0v) is 15.4. The van der Waals surface area contributed by atoms with Crippen molar-refractivity contribution in [2.24, 2.45) is 0 Å². The van der Waals surface area contributed by atoms with E-state index in [-0.39, 0.29) is 0 Å². The van der Waals surface area contributed by atoms with Gasteiger partial charge in [0.1, 0.15) is 11.6 Å². The minimum Gasteiger partial charge on any atom is -0.325 e. The lowest BCUT2D eigenvalue weighted by Crippen LogP contribution is -2.14. The van der Waals surface area contributed by atoms with Crippen molar-refractivity contribution in [3.8, 4) is 0 Å². The molecule has 2 N–H and O–H groups in total. The fourth-order valence-electron chi connectivity index (χ4n) is 2.33. The molecule has 0 saturated heterocycles. The Labute approximate surface area is 164 Å². The maximum Gasteiger partial charge on any atom is 0.131 e. The molecule has 28 heavy (non-hydrogen) atoms. The van der Waals surface area contributed by atoms with Gasteiger partial charge in [0, 0.05) is 37.9 Å². The van der Waals surface area contributed by atoms with E-state index in [4.69, 9.17) is 0 Å². The molecule has 0 saturated carbocycles. The maximum atomic E-state index is 4.23. The molecular weight excluding hydrogens is 348 g/mol. The molecule has 4 rings (SSSR count). The van der Waals surface area contributed by atoms with Gasteiger partial charge in [-0.05, 0) is 48.5 Å². The second kappa shape index (κ2) is 11.2. The molecule has 140 valence electrons. The standard InChI is InChI=1S/C12H13N3.C10H9N3/c1-3-7-14-11(5-1)9-13-10-12-6-2-4-8-15-12;1-3-7-11-9(5-1)13-10-6-2-4-8-12-10/h1-8,13H,9-10H2;1-8H,(H,11,12,13). The second-order valence-corrected chi connectivity index (χ2v) is 5.80. The molecule has 0 spiro atoms. The lowest BCUT2D eigenvalue weighted by atomic mass is 10.3. The molecule has 4 heterocycles. The Morgan fingerprint density at radius 2 is 0.929 bits per heavy atom. The van der Waals surface area contributed by atoms with Crippen LogP contribution < -0.4 is 10.6 Å². The van der Waals surface area contributed by atoms with E-state index in [1.54, 1.807) is 24.8 Å². The van der Waals surface area contributed by atoms with E-state index in [9.17, 15) is 0 Å². The van der Waals surface area contributed by atoms with E-state index < -0.39 is 0 Å². The maximum absolute atomic E-state index is 4.23. The van der Waals surface area contributed by atoms with Crippen molar-refractivity contribution in [2.75, 3.05) is 5.32 Å². The first-order valence-corrected chi connectivity index (χ1v) is 9.00. The molecule has 4 aromatic heterocycles. The summed E-state index contributed by atoms with van der Waals surface area (Å²) in [5, 5.41) is 6.37. The van der Waals surface area contributed by atoms with E-state index >= 15 is 0 Å². The minimum absolute atomic E-state index is 0.775. The van der Waals surface area contributed by atoms with Gasteiger partial charge in [-0.3, -0.25) is 9.97 Å². The Kier molecular flexibility index (Phi) is 7.62. The van der Waals surface area contributed by atoms with Crippen LogP contribution in [0.4, 0.5) is 11.6 Å². The highest BCUT2D eigenvalue weighted by molar-refractivity contribution is 5.50. The predicted octanol–water partition coefficient (Wildman–Crippen LogP) is 3.99. The van der Waals surface area contributed by atoms with Crippen LogP contribution in [0.1, 0.15) is 11.4 Å². The van der Waals surface area contributed by atoms with Gasteiger partial charge >= 0.3 is 0 Å². The zero-order valence-electron chi connectivity index (χ0n) is 15.4. The molecule has 0 aliphatic rings. The van der Waals surface area contributed by atoms with Crippen molar-refractivity contribution in [2.45, 2.75) is 13.1 Å². The fraction of sp³-hybridized carbons (Fsp3) is 0.0909. The molecular formula is C22H22N6. The topological polar surface area (TPSA) is 75.6 Å². The predicted molar refractivity (Wildman–Crippen MR) is 111 cm³/mol. The van der Waals surface area contributed by atoms with Crippen LogP contribution in [0.5, 0.6) is 0 Å². The number of hydrogen-bond donors (Lipinski definition) is 2. The van der Waals surface area contributed by atoms with E-state index in [0.717, 1.165) is 36.1 Å². The fourth-order valence-corrected chi connectivity index (χ4v) is 2.33. The average molecular weight is 370 g/mol. The first-order chi connectivity index (χ1) is 13.9. The largest absolute Gasteiger partial charge is 0.325 e. The Balaban J connectivity index is 0.000000162. The summed E-state index contributed by atoms with van der Waals surface area (Å²) in [5.74, 6) is 1.61. The van der Waals surface area contributed by atoms with Crippen LogP contribution >= 0.6 is 0 Å². The van der Waals surface area contributed by atoms with Crippen molar-refractivity contribution < 1.29 is 0 Å². The number of nitrogens with one attached hydrogen (secondary N) is 2. The SMILES string of the molecule is c1ccc(CNCc2ccccn2)nc1.c1ccc(Nc2ccccn2)nc1. The molecule has 0 amide bonds. The Morgan fingerprint density at radius 1 is 0.500 bits per heavy atom. The summed E-state index contributed by atoms with van der Waals surface area (Å²) in [6.07, 6.45) is 7.09. The van der Waals surface area contributed by atoms with Crippen LogP contribution in [0.3, 0.4) is 0 Å². The Morgan fingerprint density at radius 3 is 1.29 bits per heavy atom. The second-order valence-electron chi connectivity index (χ2n) is 5.80. The van der Waals surface area contributed by atoms with Crippen molar-refractivity contribution in [1.82, 2.24) is 25.3 Å². The quantitative estimate of drug-likeness (QED) is 0.535. The van der Waals surface area contributed by atoms with Crippen molar-refractivity contribution in [3.63, 3.8) is 0 Å². The lowest BCUT2D eigenvalue weighted by molar-refractivity contribution is 0.667. The highest BCUT2D eigenvalue weighted by Crippen LogP contribution is 2.08. The molecule has 0 aliphatic heterocycles.